The maximum Gasteiger partial charge on any atom is 0.307 e. The topological polar surface area (TPSA) is 46.5 Å². The van der Waals surface area contributed by atoms with Crippen LogP contribution < -0.4 is 4.74 Å². The highest BCUT2D eigenvalue weighted by Gasteiger charge is 2.55. The van der Waals surface area contributed by atoms with Gasteiger partial charge >= 0.3 is 5.97 Å². The standard InChI is InChI=1S/C12H14O3/c1-12(7-10(12)11(13)14)8-3-5-9(15-2)6-4-8/h3-6,10H,7H2,1-2H3,(H,13,14)/t10-,12-/m1/s1. The molecular formula is C12H14O3. The number of ether oxygens (including phenoxy) is 1. The van der Waals surface area contributed by atoms with Crippen molar-refractivity contribution in [2.75, 3.05) is 7.11 Å². The quantitative estimate of drug-likeness (QED) is 0.823. The second-order valence-corrected chi connectivity index (χ2v) is 4.24. The molecule has 0 amide bonds. The predicted molar refractivity (Wildman–Crippen MR) is 56.1 cm³/mol. The Hall–Kier alpha value is -1.51. The van der Waals surface area contributed by atoms with Crippen molar-refractivity contribution in [2.45, 2.75) is 18.8 Å². The van der Waals surface area contributed by atoms with E-state index < -0.39 is 5.97 Å². The summed E-state index contributed by atoms with van der Waals surface area (Å²) in [5.41, 5.74) is 0.897. The number of hydrogen-bond acceptors (Lipinski definition) is 2. The lowest BCUT2D eigenvalue weighted by molar-refractivity contribution is -0.138. The SMILES string of the molecule is COc1ccc([C@@]2(C)C[C@@H]2C(=O)O)cc1. The Labute approximate surface area is 88.7 Å². The van der Waals surface area contributed by atoms with Crippen LogP contribution in [0.3, 0.4) is 0 Å². The van der Waals surface area contributed by atoms with Crippen molar-refractivity contribution in [1.82, 2.24) is 0 Å². The molecule has 80 valence electrons. The average Bonchev–Trinajstić information content (AvgIpc) is 2.93. The van der Waals surface area contributed by atoms with Crippen LogP contribution in [-0.4, -0.2) is 18.2 Å². The minimum atomic E-state index is -0.701. The van der Waals surface area contributed by atoms with Crippen LogP contribution in [0.25, 0.3) is 0 Å². The summed E-state index contributed by atoms with van der Waals surface area (Å²) in [5, 5.41) is 8.93. The Kier molecular flexibility index (Phi) is 2.18. The van der Waals surface area contributed by atoms with Crippen molar-refractivity contribution in [3.05, 3.63) is 29.8 Å². The number of carboxylic acids is 1. The lowest BCUT2D eigenvalue weighted by Gasteiger charge is -2.10. The van der Waals surface area contributed by atoms with Crippen LogP contribution in [0, 0.1) is 5.92 Å². The van der Waals surface area contributed by atoms with Crippen molar-refractivity contribution >= 4 is 5.97 Å². The molecule has 3 nitrogen and oxygen atoms in total. The molecule has 2 rings (SSSR count). The minimum absolute atomic E-state index is 0.182. The molecule has 1 fully saturated rings. The van der Waals surface area contributed by atoms with Gasteiger partial charge in [-0.1, -0.05) is 19.1 Å². The number of aliphatic carboxylic acids is 1. The second-order valence-electron chi connectivity index (χ2n) is 4.24. The van der Waals surface area contributed by atoms with Crippen LogP contribution in [-0.2, 0) is 10.2 Å². The molecule has 1 aromatic rings. The van der Waals surface area contributed by atoms with Crippen LogP contribution in [0.1, 0.15) is 18.9 Å². The first-order valence-electron chi connectivity index (χ1n) is 4.95. The third-order valence-electron chi connectivity index (χ3n) is 3.28. The van der Waals surface area contributed by atoms with Crippen LogP contribution in [0.5, 0.6) is 5.75 Å². The second kappa shape index (κ2) is 3.26. The molecule has 0 radical (unpaired) electrons. The Morgan fingerprint density at radius 3 is 2.47 bits per heavy atom. The van der Waals surface area contributed by atoms with Crippen LogP contribution in [0.4, 0.5) is 0 Å². The molecule has 15 heavy (non-hydrogen) atoms. The molecule has 0 aromatic heterocycles. The van der Waals surface area contributed by atoms with Crippen molar-refractivity contribution in [3.63, 3.8) is 0 Å². The van der Waals surface area contributed by atoms with E-state index >= 15 is 0 Å². The maximum atomic E-state index is 10.8. The van der Waals surface area contributed by atoms with Gasteiger partial charge in [0.25, 0.3) is 0 Å². The monoisotopic (exact) mass is 206 g/mol. The molecule has 1 aromatic carbocycles. The van der Waals surface area contributed by atoms with Crippen LogP contribution >= 0.6 is 0 Å². The largest absolute Gasteiger partial charge is 0.497 e. The summed E-state index contributed by atoms with van der Waals surface area (Å²) >= 11 is 0. The van der Waals surface area contributed by atoms with Crippen molar-refractivity contribution in [1.29, 1.82) is 0 Å². The van der Waals surface area contributed by atoms with E-state index in [2.05, 4.69) is 0 Å². The molecule has 1 aliphatic rings. The third kappa shape index (κ3) is 1.58. The van der Waals surface area contributed by atoms with Gasteiger partial charge in [-0.3, -0.25) is 4.79 Å². The van der Waals surface area contributed by atoms with E-state index in [1.165, 1.54) is 0 Å². The zero-order valence-corrected chi connectivity index (χ0v) is 8.86. The lowest BCUT2D eigenvalue weighted by Crippen LogP contribution is -2.10. The number of carbonyl (C=O) groups is 1. The number of carboxylic acid groups (broad SMARTS) is 1. The van der Waals surface area contributed by atoms with Crippen molar-refractivity contribution in [3.8, 4) is 5.75 Å². The van der Waals surface area contributed by atoms with E-state index in [1.54, 1.807) is 7.11 Å². The molecule has 0 unspecified atom stereocenters. The molecule has 1 saturated carbocycles. The molecule has 0 spiro atoms. The van der Waals surface area contributed by atoms with E-state index in [0.717, 1.165) is 17.7 Å². The molecule has 3 heteroatoms. The number of rotatable bonds is 3. The maximum absolute atomic E-state index is 10.8. The highest BCUT2D eigenvalue weighted by atomic mass is 16.5. The van der Waals surface area contributed by atoms with Gasteiger partial charge < -0.3 is 9.84 Å². The fourth-order valence-electron chi connectivity index (χ4n) is 2.02. The predicted octanol–water partition coefficient (Wildman–Crippen LogP) is 2.06. The molecule has 0 bridgehead atoms. The molecule has 0 heterocycles. The Bertz CT molecular complexity index is 382. The van der Waals surface area contributed by atoms with Gasteiger partial charge in [-0.25, -0.2) is 0 Å². The summed E-state index contributed by atoms with van der Waals surface area (Å²) in [6.45, 7) is 1.99. The van der Waals surface area contributed by atoms with E-state index in [0.29, 0.717) is 0 Å². The number of methoxy groups -OCH3 is 1. The zero-order valence-electron chi connectivity index (χ0n) is 8.86. The summed E-state index contributed by atoms with van der Waals surface area (Å²) in [7, 11) is 1.62. The fourth-order valence-corrected chi connectivity index (χ4v) is 2.02. The van der Waals surface area contributed by atoms with Crippen molar-refractivity contribution < 1.29 is 14.6 Å². The highest BCUT2D eigenvalue weighted by Crippen LogP contribution is 2.54. The van der Waals surface area contributed by atoms with Crippen LogP contribution in [0.15, 0.2) is 24.3 Å². The molecule has 2 atom stereocenters. The summed E-state index contributed by atoms with van der Waals surface area (Å²) < 4.78 is 5.06. The third-order valence-corrected chi connectivity index (χ3v) is 3.28. The van der Waals surface area contributed by atoms with Gasteiger partial charge in [0.1, 0.15) is 5.75 Å². The van der Waals surface area contributed by atoms with E-state index in [9.17, 15) is 4.79 Å². The van der Waals surface area contributed by atoms with Gasteiger partial charge in [-0.15, -0.1) is 0 Å². The van der Waals surface area contributed by atoms with Gasteiger partial charge in [0.15, 0.2) is 0 Å². The zero-order chi connectivity index (χ0) is 11.1. The van der Waals surface area contributed by atoms with Gasteiger partial charge in [0.05, 0.1) is 13.0 Å². The first-order chi connectivity index (χ1) is 7.08. The summed E-state index contributed by atoms with van der Waals surface area (Å²) in [6, 6.07) is 7.64. The van der Waals surface area contributed by atoms with Gasteiger partial charge in [0, 0.05) is 5.41 Å². The Balaban J connectivity index is 2.21. The fraction of sp³-hybridized carbons (Fsp3) is 0.417. The first kappa shape index (κ1) is 10.0. The van der Waals surface area contributed by atoms with E-state index in [-0.39, 0.29) is 11.3 Å². The van der Waals surface area contributed by atoms with Crippen LogP contribution in [0.2, 0.25) is 0 Å². The van der Waals surface area contributed by atoms with Crippen molar-refractivity contribution in [2.24, 2.45) is 5.92 Å². The summed E-state index contributed by atoms with van der Waals surface area (Å²) in [6.07, 6.45) is 0.731. The molecule has 0 saturated heterocycles. The van der Waals surface area contributed by atoms with Gasteiger partial charge in [0.2, 0.25) is 0 Å². The number of benzene rings is 1. The molecular weight excluding hydrogens is 192 g/mol. The minimum Gasteiger partial charge on any atom is -0.497 e. The normalized spacial score (nSPS) is 28.5. The van der Waals surface area contributed by atoms with Gasteiger partial charge in [-0.2, -0.15) is 0 Å². The first-order valence-corrected chi connectivity index (χ1v) is 4.95. The summed E-state index contributed by atoms with van der Waals surface area (Å²) in [4.78, 5) is 10.8. The van der Waals surface area contributed by atoms with E-state index in [1.807, 2.05) is 31.2 Å². The smallest absolute Gasteiger partial charge is 0.307 e. The number of hydrogen-bond donors (Lipinski definition) is 1. The Morgan fingerprint density at radius 1 is 1.47 bits per heavy atom. The average molecular weight is 206 g/mol. The summed E-state index contributed by atoms with van der Waals surface area (Å²) in [5.74, 6) is -0.130. The molecule has 0 aliphatic heterocycles. The van der Waals surface area contributed by atoms with Gasteiger partial charge in [-0.05, 0) is 24.1 Å². The lowest BCUT2D eigenvalue weighted by atomic mass is 9.95. The molecule has 1 N–H and O–H groups in total. The highest BCUT2D eigenvalue weighted by molar-refractivity contribution is 5.77. The molecule has 1 aliphatic carbocycles. The van der Waals surface area contributed by atoms with E-state index in [4.69, 9.17) is 9.84 Å². The Morgan fingerprint density at radius 2 is 2.07 bits per heavy atom.